The molecule has 7 heteroatoms. The molecule has 0 bridgehead atoms. The van der Waals surface area contributed by atoms with Gasteiger partial charge in [-0.15, -0.1) is 0 Å². The Morgan fingerprint density at radius 3 is 2.59 bits per heavy atom. The SMILES string of the molecule is CCCCCOc1ccccc1C1C(C#N)=C(N)Oc2cc(OC(=O)c3cccc(OCC)c3)ccc21. The minimum atomic E-state index is -0.527. The first kappa shape index (κ1) is 25.6. The number of carbonyl (C=O) groups is 1. The fourth-order valence-corrected chi connectivity index (χ4v) is 4.25. The van der Waals surface area contributed by atoms with Crippen molar-refractivity contribution in [2.24, 2.45) is 5.73 Å². The first-order chi connectivity index (χ1) is 18.0. The van der Waals surface area contributed by atoms with Crippen LogP contribution in [0.5, 0.6) is 23.0 Å². The number of nitrogens with two attached hydrogens (primary N) is 1. The number of hydrogen-bond donors (Lipinski definition) is 1. The van der Waals surface area contributed by atoms with Crippen LogP contribution in [0.3, 0.4) is 0 Å². The number of allylic oxidation sites excluding steroid dienone is 1. The van der Waals surface area contributed by atoms with Gasteiger partial charge in [0.05, 0.1) is 24.7 Å². The predicted octanol–water partition coefficient (Wildman–Crippen LogP) is 6.09. The van der Waals surface area contributed by atoms with E-state index >= 15 is 0 Å². The molecule has 1 unspecified atom stereocenters. The van der Waals surface area contributed by atoms with E-state index in [0.717, 1.165) is 30.4 Å². The molecule has 0 radical (unpaired) electrons. The maximum atomic E-state index is 12.8. The Hall–Kier alpha value is -4.44. The van der Waals surface area contributed by atoms with Crippen molar-refractivity contribution in [1.82, 2.24) is 0 Å². The van der Waals surface area contributed by atoms with Crippen LogP contribution >= 0.6 is 0 Å². The molecular formula is C30H30N2O5. The molecule has 7 nitrogen and oxygen atoms in total. The number of benzene rings is 3. The average molecular weight is 499 g/mol. The molecule has 4 rings (SSSR count). The summed E-state index contributed by atoms with van der Waals surface area (Å²) < 4.78 is 23.0. The first-order valence-electron chi connectivity index (χ1n) is 12.4. The molecule has 0 aliphatic carbocycles. The number of rotatable bonds is 10. The maximum absolute atomic E-state index is 12.8. The molecule has 1 atom stereocenters. The molecule has 1 aliphatic heterocycles. The Kier molecular flexibility index (Phi) is 8.32. The second kappa shape index (κ2) is 12.0. The highest BCUT2D eigenvalue weighted by Gasteiger charge is 2.33. The molecule has 3 aromatic carbocycles. The summed E-state index contributed by atoms with van der Waals surface area (Å²) in [5.41, 5.74) is 8.40. The fraction of sp³-hybridized carbons (Fsp3) is 0.267. The third kappa shape index (κ3) is 5.87. The van der Waals surface area contributed by atoms with Gasteiger partial charge in [0.2, 0.25) is 5.88 Å². The monoisotopic (exact) mass is 498 g/mol. The lowest BCUT2D eigenvalue weighted by Gasteiger charge is -2.28. The van der Waals surface area contributed by atoms with Crippen LogP contribution in [0.15, 0.2) is 78.2 Å². The van der Waals surface area contributed by atoms with Gasteiger partial charge in [0, 0.05) is 17.2 Å². The lowest BCUT2D eigenvalue weighted by Crippen LogP contribution is -2.21. The molecule has 190 valence electrons. The van der Waals surface area contributed by atoms with Gasteiger partial charge in [-0.25, -0.2) is 4.79 Å². The van der Waals surface area contributed by atoms with E-state index in [2.05, 4.69) is 13.0 Å². The lowest BCUT2D eigenvalue weighted by atomic mass is 9.83. The number of fused-ring (bicyclic) bond motifs is 1. The Bertz CT molecular complexity index is 1340. The van der Waals surface area contributed by atoms with E-state index in [9.17, 15) is 10.1 Å². The van der Waals surface area contributed by atoms with Crippen LogP contribution in [0.1, 0.15) is 60.5 Å². The topological polar surface area (TPSA) is 104 Å². The van der Waals surface area contributed by atoms with Crippen LogP contribution < -0.4 is 24.7 Å². The van der Waals surface area contributed by atoms with Crippen LogP contribution in [0, 0.1) is 11.3 Å². The van der Waals surface area contributed by atoms with Gasteiger partial charge in [-0.3, -0.25) is 0 Å². The zero-order valence-electron chi connectivity index (χ0n) is 21.0. The smallest absolute Gasteiger partial charge is 0.343 e. The molecule has 0 amide bonds. The summed E-state index contributed by atoms with van der Waals surface area (Å²) in [6.45, 7) is 5.10. The van der Waals surface area contributed by atoms with E-state index in [1.54, 1.807) is 42.5 Å². The standard InChI is InChI=1S/C30H30N2O5/c1-3-5-8-16-35-26-13-7-6-12-23(26)28-24-15-14-22(18-27(24)37-29(32)25(28)19-31)36-30(33)20-10-9-11-21(17-20)34-4-2/h6-7,9-15,17-18,28H,3-5,8,16,32H2,1-2H3. The van der Waals surface area contributed by atoms with Crippen LogP contribution in [-0.2, 0) is 0 Å². The summed E-state index contributed by atoms with van der Waals surface area (Å²) in [7, 11) is 0. The molecular weight excluding hydrogens is 468 g/mol. The normalized spacial score (nSPS) is 14.2. The highest BCUT2D eigenvalue weighted by molar-refractivity contribution is 5.91. The van der Waals surface area contributed by atoms with Crippen molar-refractivity contribution in [2.45, 2.75) is 39.0 Å². The molecule has 0 saturated heterocycles. The van der Waals surface area contributed by atoms with Gasteiger partial charge in [-0.2, -0.15) is 5.26 Å². The average Bonchev–Trinajstić information content (AvgIpc) is 2.91. The van der Waals surface area contributed by atoms with Gasteiger partial charge in [-0.05, 0) is 43.7 Å². The number of nitriles is 1. The van der Waals surface area contributed by atoms with Crippen LogP contribution in [-0.4, -0.2) is 19.2 Å². The summed E-state index contributed by atoms with van der Waals surface area (Å²) in [6.07, 6.45) is 3.12. The highest BCUT2D eigenvalue weighted by atomic mass is 16.5. The van der Waals surface area contributed by atoms with Crippen molar-refractivity contribution in [3.8, 4) is 29.1 Å². The second-order valence-electron chi connectivity index (χ2n) is 8.57. The number of nitrogens with zero attached hydrogens (tertiary/aromatic N) is 1. The van der Waals surface area contributed by atoms with Crippen LogP contribution in [0.2, 0.25) is 0 Å². The number of ether oxygens (including phenoxy) is 4. The number of esters is 1. The van der Waals surface area contributed by atoms with E-state index in [-0.39, 0.29) is 5.88 Å². The van der Waals surface area contributed by atoms with Crippen molar-refractivity contribution >= 4 is 5.97 Å². The minimum absolute atomic E-state index is 0.00804. The van der Waals surface area contributed by atoms with E-state index < -0.39 is 11.9 Å². The van der Waals surface area contributed by atoms with Crippen molar-refractivity contribution < 1.29 is 23.7 Å². The van der Waals surface area contributed by atoms with Crippen LogP contribution in [0.25, 0.3) is 0 Å². The fourth-order valence-electron chi connectivity index (χ4n) is 4.25. The molecule has 3 aromatic rings. The molecule has 37 heavy (non-hydrogen) atoms. The number of hydrogen-bond acceptors (Lipinski definition) is 7. The summed E-state index contributed by atoms with van der Waals surface area (Å²) >= 11 is 0. The van der Waals surface area contributed by atoms with E-state index in [0.29, 0.717) is 47.3 Å². The molecule has 1 aliphatic rings. The zero-order chi connectivity index (χ0) is 26.2. The Morgan fingerprint density at radius 1 is 0.973 bits per heavy atom. The lowest BCUT2D eigenvalue weighted by molar-refractivity contribution is 0.0734. The number of para-hydroxylation sites is 1. The summed E-state index contributed by atoms with van der Waals surface area (Å²) in [6, 6.07) is 21.7. The molecule has 0 saturated carbocycles. The second-order valence-corrected chi connectivity index (χ2v) is 8.57. The molecule has 0 spiro atoms. The van der Waals surface area contributed by atoms with Crippen molar-refractivity contribution in [3.63, 3.8) is 0 Å². The summed E-state index contributed by atoms with van der Waals surface area (Å²) in [4.78, 5) is 12.8. The van der Waals surface area contributed by atoms with Crippen molar-refractivity contribution in [1.29, 1.82) is 5.26 Å². The van der Waals surface area contributed by atoms with Gasteiger partial charge in [0.25, 0.3) is 0 Å². The number of unbranched alkanes of at least 4 members (excludes halogenated alkanes) is 2. The highest BCUT2D eigenvalue weighted by Crippen LogP contribution is 2.46. The molecule has 1 heterocycles. The Morgan fingerprint density at radius 2 is 1.81 bits per heavy atom. The molecule has 0 fully saturated rings. The minimum Gasteiger partial charge on any atom is -0.494 e. The third-order valence-corrected chi connectivity index (χ3v) is 6.02. The zero-order valence-corrected chi connectivity index (χ0v) is 21.0. The van der Waals surface area contributed by atoms with Gasteiger partial charge in [0.1, 0.15) is 34.6 Å². The predicted molar refractivity (Wildman–Crippen MR) is 140 cm³/mol. The van der Waals surface area contributed by atoms with Gasteiger partial charge < -0.3 is 24.7 Å². The van der Waals surface area contributed by atoms with Gasteiger partial charge >= 0.3 is 5.97 Å². The Labute approximate surface area is 217 Å². The Balaban J connectivity index is 1.63. The van der Waals surface area contributed by atoms with Crippen molar-refractivity contribution in [2.75, 3.05) is 13.2 Å². The molecule has 0 aromatic heterocycles. The summed E-state index contributed by atoms with van der Waals surface area (Å²) in [5, 5.41) is 9.93. The van der Waals surface area contributed by atoms with E-state index in [4.69, 9.17) is 24.7 Å². The van der Waals surface area contributed by atoms with E-state index in [1.807, 2.05) is 31.2 Å². The molecule has 2 N–H and O–H groups in total. The van der Waals surface area contributed by atoms with E-state index in [1.165, 1.54) is 0 Å². The maximum Gasteiger partial charge on any atom is 0.343 e. The largest absolute Gasteiger partial charge is 0.494 e. The first-order valence-corrected chi connectivity index (χ1v) is 12.4. The van der Waals surface area contributed by atoms with Crippen LogP contribution in [0.4, 0.5) is 0 Å². The number of carbonyl (C=O) groups excluding carboxylic acids is 1. The van der Waals surface area contributed by atoms with Gasteiger partial charge in [0.15, 0.2) is 0 Å². The quantitative estimate of drug-likeness (QED) is 0.205. The van der Waals surface area contributed by atoms with Gasteiger partial charge in [-0.1, -0.05) is 50.1 Å². The summed E-state index contributed by atoms with van der Waals surface area (Å²) in [5.74, 6) is 0.989. The van der Waals surface area contributed by atoms with Crippen molar-refractivity contribution in [3.05, 3.63) is 94.9 Å². The third-order valence-electron chi connectivity index (χ3n) is 6.02.